The largest absolute Gasteiger partial charge is 0.497 e. The summed E-state index contributed by atoms with van der Waals surface area (Å²) < 4.78 is 10.8. The third-order valence-corrected chi connectivity index (χ3v) is 5.01. The van der Waals surface area contributed by atoms with Crippen molar-refractivity contribution in [1.82, 2.24) is 5.32 Å². The van der Waals surface area contributed by atoms with Crippen molar-refractivity contribution >= 4 is 29.5 Å². The third-order valence-electron chi connectivity index (χ3n) is 5.01. The molecule has 0 saturated heterocycles. The van der Waals surface area contributed by atoms with E-state index in [0.717, 1.165) is 0 Å². The van der Waals surface area contributed by atoms with Gasteiger partial charge in [-0.05, 0) is 78.2 Å². The normalized spacial score (nSPS) is 11.1. The Bertz CT molecular complexity index is 1230. The van der Waals surface area contributed by atoms with Crippen LogP contribution in [0.25, 0.3) is 6.08 Å². The SMILES string of the molecule is COc1ccc(/C=C(\NC(=O)c2ccc(OCC(C)C)cc2)C(=O)Nc2ccc(C(=O)O)cc2)cc1. The number of hydrogen-bond donors (Lipinski definition) is 3. The van der Waals surface area contributed by atoms with Crippen molar-refractivity contribution in [2.75, 3.05) is 19.0 Å². The van der Waals surface area contributed by atoms with Crippen LogP contribution in [0.4, 0.5) is 5.69 Å². The minimum Gasteiger partial charge on any atom is -0.497 e. The Hall–Kier alpha value is -4.59. The van der Waals surface area contributed by atoms with Gasteiger partial charge in [-0.2, -0.15) is 0 Å². The Kier molecular flexibility index (Phi) is 8.83. The summed E-state index contributed by atoms with van der Waals surface area (Å²) in [4.78, 5) is 37.1. The highest BCUT2D eigenvalue weighted by atomic mass is 16.5. The lowest BCUT2D eigenvalue weighted by Crippen LogP contribution is -2.30. The summed E-state index contributed by atoms with van der Waals surface area (Å²) in [5.41, 5.74) is 1.50. The molecule has 0 spiro atoms. The van der Waals surface area contributed by atoms with Crippen LogP contribution >= 0.6 is 0 Å². The molecular weight excluding hydrogens is 460 g/mol. The number of hydrogen-bond acceptors (Lipinski definition) is 5. The molecule has 8 heteroatoms. The van der Waals surface area contributed by atoms with E-state index < -0.39 is 17.8 Å². The van der Waals surface area contributed by atoms with Crippen molar-refractivity contribution in [3.05, 3.63) is 95.2 Å². The van der Waals surface area contributed by atoms with Crippen molar-refractivity contribution in [1.29, 1.82) is 0 Å². The Morgan fingerprint density at radius 1 is 0.861 bits per heavy atom. The first-order valence-electron chi connectivity index (χ1n) is 11.3. The van der Waals surface area contributed by atoms with Crippen molar-refractivity contribution in [3.63, 3.8) is 0 Å². The van der Waals surface area contributed by atoms with Crippen LogP contribution in [0.2, 0.25) is 0 Å². The summed E-state index contributed by atoms with van der Waals surface area (Å²) in [6.07, 6.45) is 1.54. The zero-order chi connectivity index (χ0) is 26.1. The summed E-state index contributed by atoms with van der Waals surface area (Å²) in [7, 11) is 1.55. The Balaban J connectivity index is 1.81. The van der Waals surface area contributed by atoms with Crippen molar-refractivity contribution < 1.29 is 29.0 Å². The van der Waals surface area contributed by atoms with Crippen LogP contribution in [0.15, 0.2) is 78.5 Å². The molecule has 3 N–H and O–H groups in total. The topological polar surface area (TPSA) is 114 Å². The van der Waals surface area contributed by atoms with E-state index in [1.165, 1.54) is 24.3 Å². The highest BCUT2D eigenvalue weighted by molar-refractivity contribution is 6.10. The van der Waals surface area contributed by atoms with E-state index in [9.17, 15) is 14.4 Å². The standard InChI is InChI=1S/C28H28N2O6/c1-18(2)17-36-24-14-8-20(9-15-24)26(31)30-25(16-19-4-12-23(35-3)13-5-19)27(32)29-22-10-6-21(7-11-22)28(33)34/h4-16,18H,17H2,1-3H3,(H,29,32)(H,30,31)(H,33,34)/b25-16-. The first kappa shape index (κ1) is 26.0. The average molecular weight is 489 g/mol. The van der Waals surface area contributed by atoms with Crippen molar-refractivity contribution in [2.45, 2.75) is 13.8 Å². The third kappa shape index (κ3) is 7.46. The fraction of sp³-hybridized carbons (Fsp3) is 0.179. The van der Waals surface area contributed by atoms with E-state index in [0.29, 0.717) is 40.8 Å². The smallest absolute Gasteiger partial charge is 0.335 e. The van der Waals surface area contributed by atoms with Crippen LogP contribution in [-0.2, 0) is 4.79 Å². The number of benzene rings is 3. The molecule has 0 atom stereocenters. The number of nitrogens with one attached hydrogen (secondary N) is 2. The molecule has 186 valence electrons. The number of amides is 2. The zero-order valence-electron chi connectivity index (χ0n) is 20.3. The second-order valence-electron chi connectivity index (χ2n) is 8.35. The van der Waals surface area contributed by atoms with E-state index in [-0.39, 0.29) is 11.3 Å². The number of ether oxygens (including phenoxy) is 2. The Morgan fingerprint density at radius 3 is 2.00 bits per heavy atom. The van der Waals surface area contributed by atoms with Gasteiger partial charge in [0.15, 0.2) is 0 Å². The average Bonchev–Trinajstić information content (AvgIpc) is 2.88. The number of carbonyl (C=O) groups excluding carboxylic acids is 2. The molecule has 0 aliphatic carbocycles. The maximum atomic E-state index is 13.1. The fourth-order valence-electron chi connectivity index (χ4n) is 3.08. The van der Waals surface area contributed by atoms with Crippen molar-refractivity contribution in [3.8, 4) is 11.5 Å². The van der Waals surface area contributed by atoms with Crippen molar-refractivity contribution in [2.24, 2.45) is 5.92 Å². The van der Waals surface area contributed by atoms with Gasteiger partial charge in [-0.1, -0.05) is 26.0 Å². The molecule has 0 saturated carbocycles. The fourth-order valence-corrected chi connectivity index (χ4v) is 3.08. The monoisotopic (exact) mass is 488 g/mol. The summed E-state index contributed by atoms with van der Waals surface area (Å²) in [6.45, 7) is 4.65. The molecule has 3 rings (SSSR count). The molecule has 8 nitrogen and oxygen atoms in total. The molecule has 0 fully saturated rings. The number of carbonyl (C=O) groups is 3. The zero-order valence-corrected chi connectivity index (χ0v) is 20.3. The number of aromatic carboxylic acids is 1. The molecule has 0 aliphatic rings. The van der Waals surface area contributed by atoms with Crippen LogP contribution in [0.1, 0.15) is 40.1 Å². The molecule has 3 aromatic carbocycles. The lowest BCUT2D eigenvalue weighted by Gasteiger charge is -2.12. The molecule has 2 amide bonds. The van der Waals surface area contributed by atoms with Crippen LogP contribution in [0.5, 0.6) is 11.5 Å². The molecule has 0 unspecified atom stereocenters. The first-order valence-corrected chi connectivity index (χ1v) is 11.3. The minimum atomic E-state index is -1.07. The van der Waals surface area contributed by atoms with Gasteiger partial charge in [-0.15, -0.1) is 0 Å². The predicted molar refractivity (Wildman–Crippen MR) is 137 cm³/mol. The lowest BCUT2D eigenvalue weighted by atomic mass is 10.1. The maximum Gasteiger partial charge on any atom is 0.335 e. The van der Waals surface area contributed by atoms with Gasteiger partial charge in [0.1, 0.15) is 17.2 Å². The second kappa shape index (κ2) is 12.2. The number of carboxylic acid groups (broad SMARTS) is 1. The summed E-state index contributed by atoms with van der Waals surface area (Å²) >= 11 is 0. The molecule has 36 heavy (non-hydrogen) atoms. The second-order valence-corrected chi connectivity index (χ2v) is 8.35. The highest BCUT2D eigenvalue weighted by Gasteiger charge is 2.16. The molecule has 0 bridgehead atoms. The summed E-state index contributed by atoms with van der Waals surface area (Å²) in [6, 6.07) is 19.3. The van der Waals surface area contributed by atoms with Crippen LogP contribution < -0.4 is 20.1 Å². The van der Waals surface area contributed by atoms with Gasteiger partial charge in [-0.25, -0.2) is 4.79 Å². The van der Waals surface area contributed by atoms with Crippen LogP contribution in [0, 0.1) is 5.92 Å². The maximum absolute atomic E-state index is 13.1. The minimum absolute atomic E-state index is 0.00705. The van der Waals surface area contributed by atoms with Crippen LogP contribution in [-0.4, -0.2) is 36.6 Å². The van der Waals surface area contributed by atoms with Gasteiger partial charge in [0, 0.05) is 11.3 Å². The number of rotatable bonds is 10. The van der Waals surface area contributed by atoms with Gasteiger partial charge in [0.2, 0.25) is 0 Å². The quantitative estimate of drug-likeness (QED) is 0.352. The van der Waals surface area contributed by atoms with Crippen LogP contribution in [0.3, 0.4) is 0 Å². The summed E-state index contributed by atoms with van der Waals surface area (Å²) in [5.74, 6) is -0.434. The van der Waals surface area contributed by atoms with E-state index in [2.05, 4.69) is 10.6 Å². The van der Waals surface area contributed by atoms with Gasteiger partial charge in [0.25, 0.3) is 11.8 Å². The van der Waals surface area contributed by atoms with Gasteiger partial charge in [0.05, 0.1) is 19.3 Å². The van der Waals surface area contributed by atoms with E-state index >= 15 is 0 Å². The predicted octanol–water partition coefficient (Wildman–Crippen LogP) is 4.84. The Morgan fingerprint density at radius 2 is 1.44 bits per heavy atom. The molecule has 0 radical (unpaired) electrons. The molecule has 0 aromatic heterocycles. The molecule has 0 heterocycles. The van der Waals surface area contributed by atoms with E-state index in [4.69, 9.17) is 14.6 Å². The molecular formula is C28H28N2O6. The van der Waals surface area contributed by atoms with Gasteiger partial charge >= 0.3 is 5.97 Å². The van der Waals surface area contributed by atoms with Gasteiger partial charge in [-0.3, -0.25) is 9.59 Å². The lowest BCUT2D eigenvalue weighted by molar-refractivity contribution is -0.113. The van der Waals surface area contributed by atoms with E-state index in [1.54, 1.807) is 61.7 Å². The first-order chi connectivity index (χ1) is 17.2. The summed E-state index contributed by atoms with van der Waals surface area (Å²) in [5, 5.41) is 14.4. The molecule has 3 aromatic rings. The Labute approximate surface area is 209 Å². The molecule has 0 aliphatic heterocycles. The highest BCUT2D eigenvalue weighted by Crippen LogP contribution is 2.17. The number of carboxylic acids is 1. The van der Waals surface area contributed by atoms with Gasteiger partial charge < -0.3 is 25.2 Å². The van der Waals surface area contributed by atoms with E-state index in [1.807, 2.05) is 13.8 Å². The number of methoxy groups -OCH3 is 1. The number of anilines is 1.